The molecule has 0 aliphatic heterocycles. The first-order chi connectivity index (χ1) is 9.69. The lowest BCUT2D eigenvalue weighted by atomic mass is 10.1. The van der Waals surface area contributed by atoms with Crippen LogP contribution in [0.3, 0.4) is 0 Å². The summed E-state index contributed by atoms with van der Waals surface area (Å²) in [5, 5.41) is 20.5. The minimum Gasteiger partial charge on any atom is -0.478 e. The van der Waals surface area contributed by atoms with Gasteiger partial charge in [0.05, 0.1) is 30.3 Å². The van der Waals surface area contributed by atoms with Gasteiger partial charge in [0.2, 0.25) is 0 Å². The molecule has 0 amide bonds. The van der Waals surface area contributed by atoms with Gasteiger partial charge < -0.3 is 10.4 Å². The number of carboxylic acids is 1. The number of aromatic nitrogens is 1. The minimum absolute atomic E-state index is 0.176. The molecule has 0 unspecified atom stereocenters. The van der Waals surface area contributed by atoms with E-state index in [2.05, 4.69) is 16.4 Å². The zero-order chi connectivity index (χ0) is 14.4. The SMILES string of the molecule is N#CCc1ccc(NCc2ccc(C(=O)O)cn2)cc1. The van der Waals surface area contributed by atoms with Crippen LogP contribution in [0, 0.1) is 11.3 Å². The third-order valence-electron chi connectivity index (χ3n) is 2.78. The molecule has 0 atom stereocenters. The average molecular weight is 267 g/mol. The normalized spacial score (nSPS) is 9.75. The Hall–Kier alpha value is -2.87. The quantitative estimate of drug-likeness (QED) is 0.869. The van der Waals surface area contributed by atoms with E-state index < -0.39 is 5.97 Å². The molecule has 100 valence electrons. The Bertz CT molecular complexity index is 628. The van der Waals surface area contributed by atoms with Gasteiger partial charge in [0.1, 0.15) is 0 Å². The van der Waals surface area contributed by atoms with Crippen LogP contribution >= 0.6 is 0 Å². The first-order valence-electron chi connectivity index (χ1n) is 6.07. The van der Waals surface area contributed by atoms with Crippen molar-refractivity contribution >= 4 is 11.7 Å². The standard InChI is InChI=1S/C15H13N3O2/c16-8-7-11-1-4-13(5-2-11)18-10-14-6-3-12(9-17-14)15(19)20/h1-6,9,18H,7,10H2,(H,19,20). The molecule has 2 rings (SSSR count). The second-order valence-electron chi connectivity index (χ2n) is 4.23. The van der Waals surface area contributed by atoms with E-state index in [4.69, 9.17) is 10.4 Å². The van der Waals surface area contributed by atoms with Crippen LogP contribution in [0.1, 0.15) is 21.6 Å². The molecule has 1 aromatic carbocycles. The third kappa shape index (κ3) is 3.56. The molecule has 5 heteroatoms. The largest absolute Gasteiger partial charge is 0.478 e. The Morgan fingerprint density at radius 2 is 2.00 bits per heavy atom. The summed E-state index contributed by atoms with van der Waals surface area (Å²) in [5.74, 6) is -0.981. The van der Waals surface area contributed by atoms with E-state index in [1.165, 1.54) is 12.3 Å². The van der Waals surface area contributed by atoms with Crippen molar-refractivity contribution in [2.45, 2.75) is 13.0 Å². The van der Waals surface area contributed by atoms with Gasteiger partial charge in [-0.15, -0.1) is 0 Å². The number of nitriles is 1. The van der Waals surface area contributed by atoms with Gasteiger partial charge in [0.25, 0.3) is 0 Å². The fourth-order valence-corrected chi connectivity index (χ4v) is 1.68. The van der Waals surface area contributed by atoms with Crippen LogP contribution in [0.15, 0.2) is 42.6 Å². The number of anilines is 1. The van der Waals surface area contributed by atoms with E-state index in [0.717, 1.165) is 16.9 Å². The van der Waals surface area contributed by atoms with Crippen molar-refractivity contribution in [2.75, 3.05) is 5.32 Å². The van der Waals surface area contributed by atoms with Crippen LogP contribution in [0.5, 0.6) is 0 Å². The summed E-state index contributed by atoms with van der Waals surface area (Å²) in [6.45, 7) is 0.511. The van der Waals surface area contributed by atoms with Gasteiger partial charge in [-0.25, -0.2) is 4.79 Å². The zero-order valence-electron chi connectivity index (χ0n) is 10.7. The van der Waals surface area contributed by atoms with Crippen LogP contribution in [0.25, 0.3) is 0 Å². The lowest BCUT2D eigenvalue weighted by molar-refractivity contribution is 0.0696. The summed E-state index contributed by atoms with van der Waals surface area (Å²) in [7, 11) is 0. The molecular formula is C15H13N3O2. The Morgan fingerprint density at radius 1 is 1.25 bits per heavy atom. The van der Waals surface area contributed by atoms with E-state index in [1.807, 2.05) is 24.3 Å². The number of nitrogens with zero attached hydrogens (tertiary/aromatic N) is 2. The highest BCUT2D eigenvalue weighted by Crippen LogP contribution is 2.11. The van der Waals surface area contributed by atoms with Crippen molar-refractivity contribution in [1.29, 1.82) is 5.26 Å². The fourth-order valence-electron chi connectivity index (χ4n) is 1.68. The highest BCUT2D eigenvalue weighted by atomic mass is 16.4. The van der Waals surface area contributed by atoms with Gasteiger partial charge in [0, 0.05) is 11.9 Å². The summed E-state index contributed by atoms with van der Waals surface area (Å²) in [4.78, 5) is 14.8. The highest BCUT2D eigenvalue weighted by molar-refractivity contribution is 5.87. The topological polar surface area (TPSA) is 86.0 Å². The molecule has 20 heavy (non-hydrogen) atoms. The molecule has 0 saturated heterocycles. The van der Waals surface area contributed by atoms with Crippen LogP contribution in [0.2, 0.25) is 0 Å². The summed E-state index contributed by atoms with van der Waals surface area (Å²) in [5.41, 5.74) is 2.84. The molecule has 5 nitrogen and oxygen atoms in total. The number of nitrogens with one attached hydrogen (secondary N) is 1. The molecule has 0 aliphatic rings. The van der Waals surface area contributed by atoms with Crippen molar-refractivity contribution in [3.63, 3.8) is 0 Å². The number of hydrogen-bond acceptors (Lipinski definition) is 4. The van der Waals surface area contributed by atoms with Crippen molar-refractivity contribution < 1.29 is 9.90 Å². The number of carbonyl (C=O) groups is 1. The van der Waals surface area contributed by atoms with Crippen molar-refractivity contribution in [3.8, 4) is 6.07 Å². The molecular weight excluding hydrogens is 254 g/mol. The van der Waals surface area contributed by atoms with E-state index >= 15 is 0 Å². The maximum absolute atomic E-state index is 10.7. The molecule has 0 saturated carbocycles. The first-order valence-corrected chi connectivity index (χ1v) is 6.07. The summed E-state index contributed by atoms with van der Waals surface area (Å²) >= 11 is 0. The molecule has 1 heterocycles. The second kappa shape index (κ2) is 6.34. The molecule has 2 aromatic rings. The smallest absolute Gasteiger partial charge is 0.337 e. The predicted molar refractivity (Wildman–Crippen MR) is 74.3 cm³/mol. The number of hydrogen-bond donors (Lipinski definition) is 2. The molecule has 1 aromatic heterocycles. The monoisotopic (exact) mass is 267 g/mol. The lowest BCUT2D eigenvalue weighted by Crippen LogP contribution is -2.03. The van der Waals surface area contributed by atoms with Crippen molar-refractivity contribution in [3.05, 3.63) is 59.4 Å². The maximum atomic E-state index is 10.7. The van der Waals surface area contributed by atoms with E-state index in [9.17, 15) is 4.79 Å². The lowest BCUT2D eigenvalue weighted by Gasteiger charge is -2.06. The molecule has 0 radical (unpaired) electrons. The summed E-state index contributed by atoms with van der Waals surface area (Å²) in [6.07, 6.45) is 1.74. The third-order valence-corrected chi connectivity index (χ3v) is 2.78. The van der Waals surface area contributed by atoms with Gasteiger partial charge in [-0.05, 0) is 29.8 Å². The van der Waals surface area contributed by atoms with Crippen LogP contribution in [0.4, 0.5) is 5.69 Å². The Balaban J connectivity index is 1.94. The molecule has 0 spiro atoms. The van der Waals surface area contributed by atoms with Crippen molar-refractivity contribution in [1.82, 2.24) is 4.98 Å². The summed E-state index contributed by atoms with van der Waals surface area (Å²) in [6, 6.07) is 12.9. The maximum Gasteiger partial charge on any atom is 0.337 e. The van der Waals surface area contributed by atoms with Crippen LogP contribution in [-0.4, -0.2) is 16.1 Å². The van der Waals surface area contributed by atoms with Gasteiger partial charge >= 0.3 is 5.97 Å². The number of aromatic carboxylic acids is 1. The van der Waals surface area contributed by atoms with E-state index in [0.29, 0.717) is 13.0 Å². The molecule has 0 bridgehead atoms. The number of benzene rings is 1. The fraction of sp³-hybridized carbons (Fsp3) is 0.133. The highest BCUT2D eigenvalue weighted by Gasteiger charge is 2.02. The van der Waals surface area contributed by atoms with Crippen LogP contribution in [-0.2, 0) is 13.0 Å². The molecule has 2 N–H and O–H groups in total. The average Bonchev–Trinajstić information content (AvgIpc) is 2.47. The Kier molecular flexibility index (Phi) is 4.30. The second-order valence-corrected chi connectivity index (χ2v) is 4.23. The zero-order valence-corrected chi connectivity index (χ0v) is 10.7. The molecule has 0 aliphatic carbocycles. The van der Waals surface area contributed by atoms with Gasteiger partial charge in [-0.1, -0.05) is 12.1 Å². The van der Waals surface area contributed by atoms with Gasteiger partial charge in [-0.2, -0.15) is 5.26 Å². The molecule has 0 fully saturated rings. The number of pyridine rings is 1. The Morgan fingerprint density at radius 3 is 2.55 bits per heavy atom. The van der Waals surface area contributed by atoms with Gasteiger partial charge in [-0.3, -0.25) is 4.98 Å². The predicted octanol–water partition coefficient (Wildman–Crippen LogP) is 2.46. The Labute approximate surface area is 116 Å². The minimum atomic E-state index is -0.981. The van der Waals surface area contributed by atoms with Crippen molar-refractivity contribution in [2.24, 2.45) is 0 Å². The van der Waals surface area contributed by atoms with E-state index in [1.54, 1.807) is 6.07 Å². The van der Waals surface area contributed by atoms with E-state index in [-0.39, 0.29) is 5.56 Å². The number of rotatable bonds is 5. The van der Waals surface area contributed by atoms with Crippen LogP contribution < -0.4 is 5.32 Å². The summed E-state index contributed by atoms with van der Waals surface area (Å²) < 4.78 is 0. The van der Waals surface area contributed by atoms with Gasteiger partial charge in [0.15, 0.2) is 0 Å². The number of carboxylic acid groups (broad SMARTS) is 1. The first kappa shape index (κ1) is 13.6.